The van der Waals surface area contributed by atoms with Crippen molar-refractivity contribution in [2.24, 2.45) is 0 Å². The maximum atomic E-state index is 12.9. The maximum absolute atomic E-state index is 12.9. The molecule has 28 heavy (non-hydrogen) atoms. The maximum Gasteiger partial charge on any atom is 0.281 e. The van der Waals surface area contributed by atoms with Gasteiger partial charge in [-0.3, -0.25) is 5.43 Å². The van der Waals surface area contributed by atoms with Crippen molar-refractivity contribution in [3.8, 4) is 0 Å². The average molecular weight is 423 g/mol. The first-order valence-corrected chi connectivity index (χ1v) is 14.1. The monoisotopic (exact) mass is 422 g/mol. The van der Waals surface area contributed by atoms with Gasteiger partial charge in [-0.2, -0.15) is 12.8 Å². The number of nitrogens with one attached hydrogen (secondary N) is 1. The molecule has 1 aromatic rings. The molecule has 0 radical (unpaired) electrons. The lowest BCUT2D eigenvalue weighted by Crippen LogP contribution is -2.41. The van der Waals surface area contributed by atoms with Crippen LogP contribution in [0.3, 0.4) is 0 Å². The quantitative estimate of drug-likeness (QED) is 0.491. The lowest BCUT2D eigenvalue weighted by Gasteiger charge is -2.36. The van der Waals surface area contributed by atoms with Gasteiger partial charge in [0.15, 0.2) is 8.32 Å². The van der Waals surface area contributed by atoms with E-state index in [2.05, 4.69) is 39.3 Å². The third-order valence-corrected chi connectivity index (χ3v) is 11.5. The summed E-state index contributed by atoms with van der Waals surface area (Å²) in [5, 5.41) is 0.188. The summed E-state index contributed by atoms with van der Waals surface area (Å²) < 4.78 is 33.3. The van der Waals surface area contributed by atoms with Crippen LogP contribution in [0.5, 0.6) is 0 Å². The number of hydrogen-bond acceptors (Lipinski definition) is 4. The molecular formula is C21H34N2O3SSi. The van der Waals surface area contributed by atoms with Crippen molar-refractivity contribution in [2.75, 3.05) is 6.61 Å². The Kier molecular flexibility index (Phi) is 6.84. The molecule has 0 amide bonds. The Morgan fingerprint density at radius 1 is 1.11 bits per heavy atom. The van der Waals surface area contributed by atoms with Crippen LogP contribution in [0, 0.1) is 6.92 Å². The van der Waals surface area contributed by atoms with Gasteiger partial charge in [0.25, 0.3) is 10.0 Å². The highest BCUT2D eigenvalue weighted by atomic mass is 32.2. The molecule has 0 saturated heterocycles. The van der Waals surface area contributed by atoms with Crippen LogP contribution in [-0.4, -0.2) is 27.8 Å². The Morgan fingerprint density at radius 2 is 1.71 bits per heavy atom. The van der Waals surface area contributed by atoms with Crippen molar-refractivity contribution in [1.82, 2.24) is 9.84 Å². The second kappa shape index (κ2) is 8.43. The van der Waals surface area contributed by atoms with E-state index in [0.717, 1.165) is 29.7 Å². The molecule has 1 aromatic carbocycles. The Bertz CT molecular complexity index is 851. The molecule has 1 N–H and O–H groups in total. The highest BCUT2D eigenvalue weighted by Gasteiger charge is 2.36. The number of allylic oxidation sites excluding steroid dienone is 3. The van der Waals surface area contributed by atoms with E-state index < -0.39 is 18.3 Å². The molecule has 156 valence electrons. The van der Waals surface area contributed by atoms with E-state index in [1.54, 1.807) is 18.3 Å². The third kappa shape index (κ3) is 5.49. The predicted octanol–water partition coefficient (Wildman–Crippen LogP) is 5.09. The van der Waals surface area contributed by atoms with Gasteiger partial charge in [0.1, 0.15) is 0 Å². The number of nitrogens with zero attached hydrogens (tertiary/aromatic N) is 1. The summed E-state index contributed by atoms with van der Waals surface area (Å²) in [4.78, 5) is 0.275. The number of benzene rings is 1. The van der Waals surface area contributed by atoms with Gasteiger partial charge in [-0.1, -0.05) is 38.5 Å². The lowest BCUT2D eigenvalue weighted by molar-refractivity contribution is 0.279. The van der Waals surface area contributed by atoms with Gasteiger partial charge in [0.05, 0.1) is 4.90 Å². The minimum absolute atomic E-state index is 0.188. The van der Waals surface area contributed by atoms with E-state index in [4.69, 9.17) is 4.43 Å². The zero-order valence-corrected chi connectivity index (χ0v) is 20.0. The molecule has 5 nitrogen and oxygen atoms in total. The van der Waals surface area contributed by atoms with Crippen molar-refractivity contribution in [3.63, 3.8) is 0 Å². The molecule has 0 bridgehead atoms. The minimum atomic E-state index is -3.64. The molecule has 1 heterocycles. The molecule has 0 fully saturated rings. The van der Waals surface area contributed by atoms with E-state index in [-0.39, 0.29) is 9.93 Å². The number of rotatable bonds is 7. The van der Waals surface area contributed by atoms with E-state index in [9.17, 15) is 8.42 Å². The normalized spacial score (nSPS) is 15.8. The van der Waals surface area contributed by atoms with Crippen LogP contribution in [0.25, 0.3) is 0 Å². The molecule has 0 unspecified atom stereocenters. The van der Waals surface area contributed by atoms with Gasteiger partial charge >= 0.3 is 0 Å². The van der Waals surface area contributed by atoms with Gasteiger partial charge in [0, 0.05) is 18.5 Å². The molecule has 0 saturated carbocycles. The smallest absolute Gasteiger partial charge is 0.281 e. The molecule has 0 spiro atoms. The fourth-order valence-corrected chi connectivity index (χ4v) is 4.93. The van der Waals surface area contributed by atoms with Crippen molar-refractivity contribution in [3.05, 3.63) is 53.4 Å². The first-order valence-electron chi connectivity index (χ1n) is 9.74. The summed E-state index contributed by atoms with van der Waals surface area (Å²) in [7, 11) is -5.39. The number of sulfonamides is 1. The Hall–Kier alpha value is -1.57. The van der Waals surface area contributed by atoms with Gasteiger partial charge in [-0.15, -0.1) is 0 Å². The Balaban J connectivity index is 2.00. The first kappa shape index (κ1) is 22.7. The van der Waals surface area contributed by atoms with Crippen LogP contribution in [-0.2, 0) is 14.4 Å². The van der Waals surface area contributed by atoms with Crippen LogP contribution >= 0.6 is 0 Å². The SMILES string of the molecule is CC1=CN(S(=O)(=O)c2ccc(C)cc2)NC(CCCO[Si](C)(C)C(C)(C)C)=C1. The summed E-state index contributed by atoms with van der Waals surface area (Å²) in [6.45, 7) is 15.7. The topological polar surface area (TPSA) is 58.6 Å². The van der Waals surface area contributed by atoms with Crippen molar-refractivity contribution < 1.29 is 12.8 Å². The summed E-state index contributed by atoms with van der Waals surface area (Å²) in [5.74, 6) is 0. The van der Waals surface area contributed by atoms with Crippen molar-refractivity contribution >= 4 is 18.3 Å². The molecule has 0 aliphatic carbocycles. The summed E-state index contributed by atoms with van der Waals surface area (Å²) in [5.41, 5.74) is 5.86. The molecule has 0 aromatic heterocycles. The largest absolute Gasteiger partial charge is 0.417 e. The van der Waals surface area contributed by atoms with Crippen molar-refractivity contribution in [1.29, 1.82) is 0 Å². The van der Waals surface area contributed by atoms with Gasteiger partial charge in [-0.25, -0.2) is 0 Å². The highest BCUT2D eigenvalue weighted by molar-refractivity contribution is 7.89. The van der Waals surface area contributed by atoms with Crippen LogP contribution in [0.1, 0.15) is 46.1 Å². The van der Waals surface area contributed by atoms with Gasteiger partial charge in [-0.05, 0) is 68.6 Å². The Labute approximate surface area is 171 Å². The van der Waals surface area contributed by atoms with Crippen LogP contribution in [0.2, 0.25) is 18.1 Å². The van der Waals surface area contributed by atoms with E-state index in [0.29, 0.717) is 6.61 Å². The zero-order valence-electron chi connectivity index (χ0n) is 18.2. The highest BCUT2D eigenvalue weighted by Crippen LogP contribution is 2.36. The first-order chi connectivity index (χ1) is 12.8. The van der Waals surface area contributed by atoms with E-state index in [1.807, 2.05) is 32.1 Å². The minimum Gasteiger partial charge on any atom is -0.417 e. The molecule has 1 aliphatic rings. The van der Waals surface area contributed by atoms with Crippen molar-refractivity contribution in [2.45, 2.75) is 70.5 Å². The third-order valence-electron chi connectivity index (χ3n) is 5.41. The zero-order chi connectivity index (χ0) is 21.2. The second-order valence-electron chi connectivity index (χ2n) is 8.98. The summed E-state index contributed by atoms with van der Waals surface area (Å²) in [6, 6.07) is 6.89. The summed E-state index contributed by atoms with van der Waals surface area (Å²) in [6.07, 6.45) is 5.19. The lowest BCUT2D eigenvalue weighted by atomic mass is 10.2. The van der Waals surface area contributed by atoms with Crippen LogP contribution in [0.4, 0.5) is 0 Å². The summed E-state index contributed by atoms with van der Waals surface area (Å²) >= 11 is 0. The second-order valence-corrected chi connectivity index (χ2v) is 15.6. The molecule has 0 atom stereocenters. The average Bonchev–Trinajstić information content (AvgIpc) is 2.57. The van der Waals surface area contributed by atoms with E-state index >= 15 is 0 Å². The number of aryl methyl sites for hydroxylation is 1. The van der Waals surface area contributed by atoms with Gasteiger partial charge in [0.2, 0.25) is 0 Å². The molecule has 1 aliphatic heterocycles. The predicted molar refractivity (Wildman–Crippen MR) is 118 cm³/mol. The van der Waals surface area contributed by atoms with E-state index in [1.165, 1.54) is 4.41 Å². The Morgan fingerprint density at radius 3 is 2.29 bits per heavy atom. The van der Waals surface area contributed by atoms with Gasteiger partial charge < -0.3 is 4.43 Å². The fourth-order valence-electron chi connectivity index (χ4n) is 2.59. The number of hydrazine groups is 1. The van der Waals surface area contributed by atoms with Crippen LogP contribution < -0.4 is 5.43 Å². The fraction of sp³-hybridized carbons (Fsp3) is 0.524. The molecule has 7 heteroatoms. The molecule has 2 rings (SSSR count). The standard InChI is InChI=1S/C21H34N2O3SSi/c1-17-10-12-20(13-11-17)27(24,25)23-16-18(2)15-19(22-23)9-8-14-26-28(6,7)21(3,4)5/h10-13,15-16,22H,8-9,14H2,1-7H3. The van der Waals surface area contributed by atoms with Crippen LogP contribution in [0.15, 0.2) is 52.7 Å². The number of hydrogen-bond donors (Lipinski definition) is 1. The molecular weight excluding hydrogens is 388 g/mol.